The minimum Gasteiger partial charge on any atom is -0.361 e. The molecular weight excluding hydrogens is 518 g/mol. The van der Waals surface area contributed by atoms with Crippen molar-refractivity contribution in [1.82, 2.24) is 25.0 Å². The summed E-state index contributed by atoms with van der Waals surface area (Å²) in [5, 5.41) is 16.5. The summed E-state index contributed by atoms with van der Waals surface area (Å²) in [6, 6.07) is 6.00. The summed E-state index contributed by atoms with van der Waals surface area (Å²) in [5.41, 5.74) is 3.10. The third-order valence-corrected chi connectivity index (χ3v) is 10.3. The summed E-state index contributed by atoms with van der Waals surface area (Å²) in [6.07, 6.45) is 7.56. The standard InChI is InChI=1S/C32H43N5O4/c1-18(2)12-22-17-36-11-7-10-27(36)32(40)37(22)30(39)31(41-32,19(3)4)34-29(38)21-13-24-23-8-6-9-25-28(23)20(15-33-25)14-26(24)35(5)16-21/h6,8-9,13,15,18-19,21-22,26-27,33,40H,7,10-12,14,16-17H2,1-5H3,(H,34,38)/t21-,22+,26-,27+,31-,32+/m1/s1. The normalized spacial score (nSPS) is 35.2. The molecule has 2 aromatic rings. The fourth-order valence-electron chi connectivity index (χ4n) is 8.34. The summed E-state index contributed by atoms with van der Waals surface area (Å²) in [5.74, 6) is -2.83. The Morgan fingerprint density at radius 2 is 2.05 bits per heavy atom. The number of fused-ring (bicyclic) bond motifs is 5. The lowest BCUT2D eigenvalue weighted by molar-refractivity contribution is -0.329. The van der Waals surface area contributed by atoms with Gasteiger partial charge in [0.25, 0.3) is 11.8 Å². The SMILES string of the molecule is CC(C)C[C@H]1CN2CCC[C@H]2[C@]2(O)O[C@](NC(=O)[C@@H]3C=C4c5cccc6[nH]cc(c56)C[C@H]4N(C)C3)(C(C)C)C(=O)N12. The number of likely N-dealkylation sites (N-methyl/N-ethyl adjacent to an activating group) is 1. The topological polar surface area (TPSA) is 101 Å². The monoisotopic (exact) mass is 561 g/mol. The zero-order valence-corrected chi connectivity index (χ0v) is 24.8. The Balaban J connectivity index is 1.23. The summed E-state index contributed by atoms with van der Waals surface area (Å²) >= 11 is 0. The smallest absolute Gasteiger partial charge is 0.280 e. The molecule has 9 heteroatoms. The van der Waals surface area contributed by atoms with Crippen LogP contribution in [0.1, 0.15) is 58.1 Å². The molecule has 1 aromatic carbocycles. The number of nitrogens with one attached hydrogen (secondary N) is 2. The van der Waals surface area contributed by atoms with Crippen molar-refractivity contribution in [2.45, 2.75) is 83.1 Å². The zero-order chi connectivity index (χ0) is 28.8. The van der Waals surface area contributed by atoms with E-state index in [9.17, 15) is 14.7 Å². The second kappa shape index (κ2) is 9.39. The highest BCUT2D eigenvalue weighted by Gasteiger charge is 2.70. The van der Waals surface area contributed by atoms with Crippen LogP contribution >= 0.6 is 0 Å². The number of aromatic nitrogens is 1. The lowest BCUT2D eigenvalue weighted by Gasteiger charge is -2.50. The van der Waals surface area contributed by atoms with Crippen LogP contribution in [0.3, 0.4) is 0 Å². The Labute approximate surface area is 241 Å². The fraction of sp³-hybridized carbons (Fsp3) is 0.625. The van der Waals surface area contributed by atoms with Crippen molar-refractivity contribution in [2.75, 3.05) is 26.7 Å². The average molecular weight is 562 g/mol. The van der Waals surface area contributed by atoms with Crippen molar-refractivity contribution >= 4 is 28.3 Å². The molecule has 0 bridgehead atoms. The highest BCUT2D eigenvalue weighted by Crippen LogP contribution is 2.48. The first-order valence-electron chi connectivity index (χ1n) is 15.4. The molecule has 5 aliphatic rings. The van der Waals surface area contributed by atoms with Crippen molar-refractivity contribution in [1.29, 1.82) is 0 Å². The van der Waals surface area contributed by atoms with E-state index in [4.69, 9.17) is 4.74 Å². The van der Waals surface area contributed by atoms with E-state index in [1.807, 2.05) is 13.8 Å². The van der Waals surface area contributed by atoms with Crippen molar-refractivity contribution in [3.8, 4) is 0 Å². The highest BCUT2D eigenvalue weighted by molar-refractivity contribution is 6.00. The molecule has 5 heterocycles. The fourth-order valence-corrected chi connectivity index (χ4v) is 8.34. The molecule has 4 aliphatic heterocycles. The number of hydrogen-bond acceptors (Lipinski definition) is 6. The van der Waals surface area contributed by atoms with Crippen LogP contribution in [0.4, 0.5) is 0 Å². The number of benzene rings is 1. The Bertz CT molecular complexity index is 1430. The molecule has 0 saturated carbocycles. The van der Waals surface area contributed by atoms with E-state index in [0.29, 0.717) is 12.5 Å². The minimum atomic E-state index is -1.76. The number of nitrogens with zero attached hydrogens (tertiary/aromatic N) is 3. The number of amides is 2. The van der Waals surface area contributed by atoms with Gasteiger partial charge in [0.2, 0.25) is 11.6 Å². The first-order chi connectivity index (χ1) is 19.5. The van der Waals surface area contributed by atoms with Gasteiger partial charge >= 0.3 is 0 Å². The molecule has 0 radical (unpaired) electrons. The molecule has 2 amide bonds. The van der Waals surface area contributed by atoms with Gasteiger partial charge in [-0.05, 0) is 68.0 Å². The predicted molar refractivity (Wildman–Crippen MR) is 156 cm³/mol. The number of aromatic amines is 1. The van der Waals surface area contributed by atoms with Gasteiger partial charge in [0.15, 0.2) is 0 Å². The van der Waals surface area contributed by atoms with Gasteiger partial charge < -0.3 is 15.4 Å². The molecule has 1 aromatic heterocycles. The van der Waals surface area contributed by atoms with Crippen molar-refractivity contribution in [3.63, 3.8) is 0 Å². The summed E-state index contributed by atoms with van der Waals surface area (Å²) in [6.45, 7) is 10.2. The molecule has 3 N–H and O–H groups in total. The van der Waals surface area contributed by atoms with E-state index in [1.54, 1.807) is 4.90 Å². The Hall–Kier alpha value is -2.72. The number of H-pyrrole nitrogens is 1. The number of carbonyl (C=O) groups excluding carboxylic acids is 2. The summed E-state index contributed by atoms with van der Waals surface area (Å²) in [7, 11) is 2.07. The largest absolute Gasteiger partial charge is 0.361 e. The van der Waals surface area contributed by atoms with Crippen molar-refractivity contribution in [3.05, 3.63) is 41.6 Å². The van der Waals surface area contributed by atoms with Crippen molar-refractivity contribution in [2.24, 2.45) is 17.8 Å². The van der Waals surface area contributed by atoms with Crippen LogP contribution in [0, 0.1) is 17.8 Å². The van der Waals surface area contributed by atoms with Gasteiger partial charge in [0.1, 0.15) is 0 Å². The molecule has 220 valence electrons. The number of hydrogen-bond donors (Lipinski definition) is 3. The molecule has 41 heavy (non-hydrogen) atoms. The molecule has 9 nitrogen and oxygen atoms in total. The maximum Gasteiger partial charge on any atom is 0.280 e. The molecule has 1 aliphatic carbocycles. The number of piperazine rings is 1. The number of carbonyl (C=O) groups is 2. The predicted octanol–water partition coefficient (Wildman–Crippen LogP) is 2.90. The van der Waals surface area contributed by atoms with Gasteiger partial charge in [-0.2, -0.15) is 0 Å². The maximum absolute atomic E-state index is 14.4. The Kier molecular flexibility index (Phi) is 6.22. The lowest BCUT2D eigenvalue weighted by atomic mass is 9.79. The second-order valence-electron chi connectivity index (χ2n) is 13.7. The second-order valence-corrected chi connectivity index (χ2v) is 13.7. The third kappa shape index (κ3) is 3.89. The van der Waals surface area contributed by atoms with Gasteiger partial charge in [-0.1, -0.05) is 45.9 Å². The Morgan fingerprint density at radius 1 is 1.24 bits per heavy atom. The van der Waals surface area contributed by atoms with E-state index < -0.39 is 17.6 Å². The molecule has 6 atom stereocenters. The van der Waals surface area contributed by atoms with Crippen LogP contribution in [-0.2, 0) is 20.7 Å². The van der Waals surface area contributed by atoms with Crippen LogP contribution < -0.4 is 5.32 Å². The first kappa shape index (κ1) is 27.1. The molecule has 0 spiro atoms. The van der Waals surface area contributed by atoms with Gasteiger partial charge in [0.05, 0.1) is 18.0 Å². The summed E-state index contributed by atoms with van der Waals surface area (Å²) < 4.78 is 6.54. The highest BCUT2D eigenvalue weighted by atomic mass is 16.7. The van der Waals surface area contributed by atoms with Crippen molar-refractivity contribution < 1.29 is 19.4 Å². The molecule has 7 rings (SSSR count). The van der Waals surface area contributed by atoms with Gasteiger partial charge in [-0.25, -0.2) is 0 Å². The molecular formula is C32H43N5O4. The summed E-state index contributed by atoms with van der Waals surface area (Å²) in [4.78, 5) is 38.1. The average Bonchev–Trinajstić information content (AvgIpc) is 3.61. The Morgan fingerprint density at radius 3 is 2.80 bits per heavy atom. The number of aliphatic hydroxyl groups is 1. The lowest BCUT2D eigenvalue weighted by Crippen LogP contribution is -2.69. The minimum absolute atomic E-state index is 0.179. The van der Waals surface area contributed by atoms with Crippen LogP contribution in [0.2, 0.25) is 0 Å². The third-order valence-electron chi connectivity index (χ3n) is 10.3. The number of ether oxygens (including phenoxy) is 1. The quantitative estimate of drug-likeness (QED) is 0.519. The van der Waals surface area contributed by atoms with E-state index in [0.717, 1.165) is 55.4 Å². The van der Waals surface area contributed by atoms with Crippen LogP contribution in [0.25, 0.3) is 16.5 Å². The van der Waals surface area contributed by atoms with Crippen LogP contribution in [0.5, 0.6) is 0 Å². The van der Waals surface area contributed by atoms with Crippen LogP contribution in [0.15, 0.2) is 30.5 Å². The van der Waals surface area contributed by atoms with Gasteiger partial charge in [-0.3, -0.25) is 29.0 Å². The number of rotatable bonds is 5. The molecule has 3 fully saturated rings. The first-order valence-corrected chi connectivity index (χ1v) is 15.4. The zero-order valence-electron chi connectivity index (χ0n) is 24.8. The van der Waals surface area contributed by atoms with E-state index in [1.165, 1.54) is 10.9 Å². The van der Waals surface area contributed by atoms with Gasteiger partial charge in [-0.15, -0.1) is 0 Å². The van der Waals surface area contributed by atoms with Crippen LogP contribution in [-0.4, -0.2) is 93.0 Å². The van der Waals surface area contributed by atoms with E-state index in [-0.39, 0.29) is 35.9 Å². The van der Waals surface area contributed by atoms with E-state index >= 15 is 0 Å². The molecule has 3 saturated heterocycles. The molecule has 0 unspecified atom stereocenters. The van der Waals surface area contributed by atoms with Gasteiger partial charge in [0, 0.05) is 42.1 Å². The maximum atomic E-state index is 14.4. The van der Waals surface area contributed by atoms with E-state index in [2.05, 4.69) is 71.5 Å².